The SMILES string of the molecule is CCCCCCCCc1ccccc1O.NC(N)=O. The lowest BCUT2D eigenvalue weighted by Crippen LogP contribution is -2.18. The van der Waals surface area contributed by atoms with E-state index in [4.69, 9.17) is 4.79 Å². The number of nitrogens with two attached hydrogens (primary N) is 2. The first-order chi connectivity index (χ1) is 9.07. The maximum atomic E-state index is 9.55. The molecule has 0 bridgehead atoms. The van der Waals surface area contributed by atoms with Gasteiger partial charge in [-0.1, -0.05) is 57.2 Å². The Kier molecular flexibility index (Phi) is 10.4. The minimum absolute atomic E-state index is 0.450. The topological polar surface area (TPSA) is 89.3 Å². The smallest absolute Gasteiger partial charge is 0.309 e. The Morgan fingerprint density at radius 1 is 1.05 bits per heavy atom. The number of aromatic hydroxyl groups is 1. The quantitative estimate of drug-likeness (QED) is 0.661. The maximum Gasteiger partial charge on any atom is 0.309 e. The Morgan fingerprint density at radius 3 is 2.16 bits per heavy atom. The van der Waals surface area contributed by atoms with Gasteiger partial charge in [-0.05, 0) is 24.5 Å². The van der Waals surface area contributed by atoms with Gasteiger partial charge in [0.2, 0.25) is 0 Å². The fraction of sp³-hybridized carbons (Fsp3) is 0.533. The maximum absolute atomic E-state index is 9.55. The van der Waals surface area contributed by atoms with E-state index in [0.29, 0.717) is 5.75 Å². The highest BCUT2D eigenvalue weighted by atomic mass is 16.3. The molecule has 0 aliphatic heterocycles. The average Bonchev–Trinajstić information content (AvgIpc) is 2.35. The highest BCUT2D eigenvalue weighted by molar-refractivity contribution is 5.69. The minimum Gasteiger partial charge on any atom is -0.508 e. The van der Waals surface area contributed by atoms with E-state index >= 15 is 0 Å². The number of phenolic OH excluding ortho intramolecular Hbond substituents is 1. The Hall–Kier alpha value is -1.71. The summed E-state index contributed by atoms with van der Waals surface area (Å²) >= 11 is 0. The second kappa shape index (κ2) is 11.4. The number of hydrogen-bond donors (Lipinski definition) is 3. The van der Waals surface area contributed by atoms with Crippen LogP contribution in [0, 0.1) is 0 Å². The molecule has 0 spiro atoms. The molecule has 0 fully saturated rings. The van der Waals surface area contributed by atoms with Crippen molar-refractivity contribution in [3.8, 4) is 5.75 Å². The van der Waals surface area contributed by atoms with Crippen LogP contribution < -0.4 is 11.5 Å². The number of rotatable bonds is 7. The van der Waals surface area contributed by atoms with Gasteiger partial charge < -0.3 is 16.6 Å². The lowest BCUT2D eigenvalue weighted by atomic mass is 10.0. The predicted molar refractivity (Wildman–Crippen MR) is 79.0 cm³/mol. The molecular weight excluding hydrogens is 240 g/mol. The van der Waals surface area contributed by atoms with E-state index in [-0.39, 0.29) is 0 Å². The fourth-order valence-corrected chi connectivity index (χ4v) is 1.82. The molecule has 4 nitrogen and oxygen atoms in total. The molecule has 19 heavy (non-hydrogen) atoms. The number of unbranched alkanes of at least 4 members (excludes halogenated alkanes) is 5. The van der Waals surface area contributed by atoms with Crippen molar-refractivity contribution < 1.29 is 9.90 Å². The van der Waals surface area contributed by atoms with Crippen LogP contribution in [0.3, 0.4) is 0 Å². The minimum atomic E-state index is -0.833. The summed E-state index contributed by atoms with van der Waals surface area (Å²) < 4.78 is 0. The number of carbonyl (C=O) groups is 1. The van der Waals surface area contributed by atoms with Crippen molar-refractivity contribution in [2.24, 2.45) is 11.5 Å². The van der Waals surface area contributed by atoms with Gasteiger partial charge in [0.15, 0.2) is 0 Å². The molecule has 4 heteroatoms. The van der Waals surface area contributed by atoms with E-state index in [0.717, 1.165) is 12.0 Å². The van der Waals surface area contributed by atoms with Gasteiger partial charge in [0.1, 0.15) is 5.75 Å². The van der Waals surface area contributed by atoms with Crippen molar-refractivity contribution in [1.82, 2.24) is 0 Å². The van der Waals surface area contributed by atoms with E-state index < -0.39 is 6.03 Å². The Balaban J connectivity index is 0.000000711. The van der Waals surface area contributed by atoms with Crippen molar-refractivity contribution in [2.45, 2.75) is 51.9 Å². The molecular formula is C15H26N2O2. The molecule has 108 valence electrons. The van der Waals surface area contributed by atoms with Gasteiger partial charge in [0, 0.05) is 0 Å². The Labute approximate surface area is 115 Å². The summed E-state index contributed by atoms with van der Waals surface area (Å²) in [6.07, 6.45) is 8.85. The van der Waals surface area contributed by atoms with Crippen LogP contribution in [-0.4, -0.2) is 11.1 Å². The Morgan fingerprint density at radius 2 is 1.58 bits per heavy atom. The number of aryl methyl sites for hydroxylation is 1. The predicted octanol–water partition coefficient (Wildman–Crippen LogP) is 3.32. The van der Waals surface area contributed by atoms with Gasteiger partial charge in [0.25, 0.3) is 0 Å². The van der Waals surface area contributed by atoms with Crippen LogP contribution in [-0.2, 0) is 6.42 Å². The van der Waals surface area contributed by atoms with Crippen molar-refractivity contribution in [2.75, 3.05) is 0 Å². The summed E-state index contributed by atoms with van der Waals surface area (Å²) in [4.78, 5) is 9.00. The standard InChI is InChI=1S/C14H22O.CH4N2O/c1-2-3-4-5-6-7-10-13-11-8-9-12-14(13)15;2-1(3)4/h8-9,11-12,15H,2-7,10H2,1H3;(H4,2,3,4). The summed E-state index contributed by atoms with van der Waals surface area (Å²) in [6, 6.07) is 6.82. The largest absolute Gasteiger partial charge is 0.508 e. The van der Waals surface area contributed by atoms with E-state index in [1.165, 1.54) is 38.5 Å². The van der Waals surface area contributed by atoms with E-state index in [1.807, 2.05) is 18.2 Å². The third kappa shape index (κ3) is 11.1. The number of urea groups is 1. The zero-order valence-electron chi connectivity index (χ0n) is 11.8. The second-order valence-electron chi connectivity index (χ2n) is 4.55. The van der Waals surface area contributed by atoms with Gasteiger partial charge >= 0.3 is 6.03 Å². The number of primary amides is 2. The van der Waals surface area contributed by atoms with Crippen LogP contribution in [0.5, 0.6) is 5.75 Å². The molecule has 0 heterocycles. The molecule has 0 aromatic heterocycles. The fourth-order valence-electron chi connectivity index (χ4n) is 1.82. The lowest BCUT2D eigenvalue weighted by Gasteiger charge is -2.03. The molecule has 1 aromatic rings. The Bertz CT molecular complexity index is 350. The van der Waals surface area contributed by atoms with Crippen molar-refractivity contribution in [3.63, 3.8) is 0 Å². The molecule has 2 amide bonds. The van der Waals surface area contributed by atoms with E-state index in [2.05, 4.69) is 18.4 Å². The summed E-state index contributed by atoms with van der Waals surface area (Å²) in [6.45, 7) is 2.24. The summed E-state index contributed by atoms with van der Waals surface area (Å²) in [7, 11) is 0. The number of phenols is 1. The van der Waals surface area contributed by atoms with Crippen molar-refractivity contribution in [1.29, 1.82) is 0 Å². The zero-order valence-corrected chi connectivity index (χ0v) is 11.8. The first-order valence-electron chi connectivity index (χ1n) is 6.89. The van der Waals surface area contributed by atoms with Crippen LogP contribution >= 0.6 is 0 Å². The molecule has 1 aromatic carbocycles. The monoisotopic (exact) mass is 266 g/mol. The first-order valence-corrected chi connectivity index (χ1v) is 6.89. The lowest BCUT2D eigenvalue weighted by molar-refractivity contribution is 0.256. The molecule has 0 aliphatic rings. The number of para-hydroxylation sites is 1. The van der Waals surface area contributed by atoms with Gasteiger partial charge in [-0.15, -0.1) is 0 Å². The molecule has 0 saturated heterocycles. The van der Waals surface area contributed by atoms with Crippen LogP contribution in [0.15, 0.2) is 24.3 Å². The van der Waals surface area contributed by atoms with Gasteiger partial charge in [-0.2, -0.15) is 0 Å². The van der Waals surface area contributed by atoms with Gasteiger partial charge in [0.05, 0.1) is 0 Å². The van der Waals surface area contributed by atoms with Crippen molar-refractivity contribution >= 4 is 6.03 Å². The van der Waals surface area contributed by atoms with Crippen LogP contribution in [0.2, 0.25) is 0 Å². The third-order valence-corrected chi connectivity index (χ3v) is 2.79. The van der Waals surface area contributed by atoms with Crippen LogP contribution in [0.25, 0.3) is 0 Å². The molecule has 0 radical (unpaired) electrons. The molecule has 1 rings (SSSR count). The van der Waals surface area contributed by atoms with E-state index in [1.54, 1.807) is 6.07 Å². The van der Waals surface area contributed by atoms with Gasteiger partial charge in [-0.3, -0.25) is 0 Å². The summed E-state index contributed by atoms with van der Waals surface area (Å²) in [5.41, 5.74) is 9.59. The van der Waals surface area contributed by atoms with Crippen LogP contribution in [0.1, 0.15) is 51.0 Å². The molecule has 0 saturated carbocycles. The van der Waals surface area contributed by atoms with Crippen molar-refractivity contribution in [3.05, 3.63) is 29.8 Å². The van der Waals surface area contributed by atoms with E-state index in [9.17, 15) is 5.11 Å². The zero-order chi connectivity index (χ0) is 14.5. The number of benzene rings is 1. The normalized spacial score (nSPS) is 9.53. The average molecular weight is 266 g/mol. The summed E-state index contributed by atoms with van der Waals surface area (Å²) in [5, 5.41) is 9.55. The number of hydrogen-bond acceptors (Lipinski definition) is 2. The molecule has 5 N–H and O–H groups in total. The molecule has 0 unspecified atom stereocenters. The van der Waals surface area contributed by atoms with Gasteiger partial charge in [-0.25, -0.2) is 4.79 Å². The molecule has 0 aliphatic carbocycles. The third-order valence-electron chi connectivity index (χ3n) is 2.79. The first kappa shape index (κ1) is 17.3. The highest BCUT2D eigenvalue weighted by Crippen LogP contribution is 2.18. The molecule has 0 atom stereocenters. The number of carbonyl (C=O) groups excluding carboxylic acids is 1. The summed E-state index contributed by atoms with van der Waals surface area (Å²) in [5.74, 6) is 0.450. The highest BCUT2D eigenvalue weighted by Gasteiger charge is 1.98. The number of amides is 2. The van der Waals surface area contributed by atoms with Crippen LogP contribution in [0.4, 0.5) is 4.79 Å². The second-order valence-corrected chi connectivity index (χ2v) is 4.55.